The van der Waals surface area contributed by atoms with E-state index in [2.05, 4.69) is 5.32 Å². The van der Waals surface area contributed by atoms with Gasteiger partial charge in [-0.3, -0.25) is 0 Å². The summed E-state index contributed by atoms with van der Waals surface area (Å²) >= 11 is 0. The van der Waals surface area contributed by atoms with E-state index < -0.39 is 10.0 Å². The zero-order valence-corrected chi connectivity index (χ0v) is 12.8. The van der Waals surface area contributed by atoms with Crippen LogP contribution in [0, 0.1) is 0 Å². The molecular formula is C13H28N2O2S. The number of nitrogens with zero attached hydrogens (tertiary/aromatic N) is 1. The molecule has 1 N–H and O–H groups in total. The van der Waals surface area contributed by atoms with Crippen molar-refractivity contribution in [1.29, 1.82) is 0 Å². The number of sulfonamides is 1. The average Bonchev–Trinajstić information content (AvgIpc) is 2.39. The summed E-state index contributed by atoms with van der Waals surface area (Å²) in [5, 5.41) is 3.40. The number of hydrogen-bond acceptors (Lipinski definition) is 3. The van der Waals surface area contributed by atoms with Crippen LogP contribution in [0.15, 0.2) is 0 Å². The minimum atomic E-state index is -3.09. The number of piperidine rings is 1. The lowest BCUT2D eigenvalue weighted by molar-refractivity contribution is 0.344. The zero-order chi connectivity index (χ0) is 13.6. The lowest BCUT2D eigenvalue weighted by atomic mass is 10.0. The molecule has 1 unspecified atom stereocenters. The molecule has 0 radical (unpaired) electrons. The normalized spacial score (nSPS) is 21.7. The van der Waals surface area contributed by atoms with E-state index in [1.165, 1.54) is 12.8 Å². The lowest BCUT2D eigenvalue weighted by Gasteiger charge is -2.28. The molecule has 18 heavy (non-hydrogen) atoms. The Bertz CT molecular complexity index is 320. The van der Waals surface area contributed by atoms with Gasteiger partial charge < -0.3 is 5.32 Å². The van der Waals surface area contributed by atoms with Gasteiger partial charge >= 0.3 is 0 Å². The molecule has 1 atom stereocenters. The summed E-state index contributed by atoms with van der Waals surface area (Å²) in [5.74, 6) is 0.275. The van der Waals surface area contributed by atoms with Gasteiger partial charge in [0.05, 0.1) is 5.75 Å². The lowest BCUT2D eigenvalue weighted by Crippen LogP contribution is -2.40. The third-order valence-electron chi connectivity index (χ3n) is 4.03. The molecule has 0 bridgehead atoms. The van der Waals surface area contributed by atoms with Crippen LogP contribution in [0.3, 0.4) is 0 Å². The van der Waals surface area contributed by atoms with Crippen molar-refractivity contribution in [2.75, 3.05) is 19.3 Å². The van der Waals surface area contributed by atoms with E-state index in [4.69, 9.17) is 0 Å². The molecule has 0 aliphatic carbocycles. The summed E-state index contributed by atoms with van der Waals surface area (Å²) in [4.78, 5) is 0. The van der Waals surface area contributed by atoms with E-state index in [0.29, 0.717) is 6.04 Å². The summed E-state index contributed by atoms with van der Waals surface area (Å²) in [6, 6.07) is 0.540. The van der Waals surface area contributed by atoms with Crippen molar-refractivity contribution < 1.29 is 8.42 Å². The molecule has 1 fully saturated rings. The molecule has 1 rings (SSSR count). The zero-order valence-electron chi connectivity index (χ0n) is 12.0. The standard InChI is InChI=1S/C13H28N2O2S/c1-4-13(5-2)15(3)18(16,17)11-9-12-8-6-7-10-14-12/h12-14H,4-11H2,1-3H3. The number of hydrogen-bond donors (Lipinski definition) is 1. The highest BCUT2D eigenvalue weighted by Gasteiger charge is 2.25. The Balaban J connectivity index is 2.47. The third-order valence-corrected chi connectivity index (χ3v) is 5.96. The van der Waals surface area contributed by atoms with Gasteiger partial charge in [0.1, 0.15) is 0 Å². The maximum atomic E-state index is 12.2. The molecule has 5 heteroatoms. The van der Waals surface area contributed by atoms with Crippen molar-refractivity contribution in [3.05, 3.63) is 0 Å². The summed E-state index contributed by atoms with van der Waals surface area (Å²) in [6.45, 7) is 5.12. The molecule has 1 aliphatic heterocycles. The quantitative estimate of drug-likeness (QED) is 0.773. The van der Waals surface area contributed by atoms with Crippen LogP contribution in [0.2, 0.25) is 0 Å². The van der Waals surface area contributed by atoms with Crippen LogP contribution in [-0.4, -0.2) is 44.2 Å². The summed E-state index contributed by atoms with van der Waals surface area (Å²) in [6.07, 6.45) is 6.07. The van der Waals surface area contributed by atoms with Gasteiger partial charge in [-0.05, 0) is 38.6 Å². The van der Waals surface area contributed by atoms with Crippen LogP contribution in [0.1, 0.15) is 52.4 Å². The van der Waals surface area contributed by atoms with Crippen molar-refractivity contribution in [1.82, 2.24) is 9.62 Å². The number of nitrogens with one attached hydrogen (secondary N) is 1. The van der Waals surface area contributed by atoms with E-state index in [1.54, 1.807) is 11.4 Å². The van der Waals surface area contributed by atoms with Gasteiger partial charge in [0.25, 0.3) is 0 Å². The highest BCUT2D eigenvalue weighted by Crippen LogP contribution is 2.15. The molecule has 0 aromatic rings. The Labute approximate surface area is 112 Å². The Morgan fingerprint density at radius 1 is 1.28 bits per heavy atom. The second-order valence-electron chi connectivity index (χ2n) is 5.24. The fourth-order valence-electron chi connectivity index (χ4n) is 2.64. The van der Waals surface area contributed by atoms with E-state index in [1.807, 2.05) is 13.8 Å². The smallest absolute Gasteiger partial charge is 0.214 e. The average molecular weight is 276 g/mol. The van der Waals surface area contributed by atoms with Gasteiger partial charge in [0, 0.05) is 19.1 Å². The molecule has 1 saturated heterocycles. The van der Waals surface area contributed by atoms with Crippen molar-refractivity contribution in [3.8, 4) is 0 Å². The Hall–Kier alpha value is -0.130. The minimum Gasteiger partial charge on any atom is -0.314 e. The van der Waals surface area contributed by atoms with Crippen molar-refractivity contribution in [2.24, 2.45) is 0 Å². The van der Waals surface area contributed by atoms with E-state index in [9.17, 15) is 8.42 Å². The predicted molar refractivity (Wildman–Crippen MR) is 76.2 cm³/mol. The molecule has 108 valence electrons. The van der Waals surface area contributed by atoms with Crippen LogP contribution in [0.5, 0.6) is 0 Å². The maximum Gasteiger partial charge on any atom is 0.214 e. The minimum absolute atomic E-state index is 0.148. The van der Waals surface area contributed by atoms with Crippen molar-refractivity contribution in [2.45, 2.75) is 64.5 Å². The van der Waals surface area contributed by atoms with Crippen LogP contribution >= 0.6 is 0 Å². The van der Waals surface area contributed by atoms with Crippen molar-refractivity contribution >= 4 is 10.0 Å². The molecule has 0 spiro atoms. The van der Waals surface area contributed by atoms with Gasteiger partial charge in [0.2, 0.25) is 10.0 Å². The van der Waals surface area contributed by atoms with Gasteiger partial charge in [-0.2, -0.15) is 0 Å². The maximum absolute atomic E-state index is 12.2. The number of rotatable bonds is 7. The second-order valence-corrected chi connectivity index (χ2v) is 7.39. The van der Waals surface area contributed by atoms with E-state index >= 15 is 0 Å². The largest absolute Gasteiger partial charge is 0.314 e. The summed E-state index contributed by atoms with van der Waals surface area (Å²) < 4.78 is 26.0. The highest BCUT2D eigenvalue weighted by atomic mass is 32.2. The van der Waals surface area contributed by atoms with E-state index in [-0.39, 0.29) is 11.8 Å². The van der Waals surface area contributed by atoms with Gasteiger partial charge in [0.15, 0.2) is 0 Å². The first-order valence-electron chi connectivity index (χ1n) is 7.20. The second kappa shape index (κ2) is 7.46. The van der Waals surface area contributed by atoms with Crippen LogP contribution < -0.4 is 5.32 Å². The summed E-state index contributed by atoms with van der Waals surface area (Å²) in [7, 11) is -1.37. The molecule has 0 aromatic carbocycles. The molecule has 4 nitrogen and oxygen atoms in total. The third kappa shape index (κ3) is 4.52. The molecule has 1 heterocycles. The SMILES string of the molecule is CCC(CC)N(C)S(=O)(=O)CCC1CCCCN1. The van der Waals surface area contributed by atoms with Gasteiger partial charge in [-0.25, -0.2) is 12.7 Å². The first kappa shape index (κ1) is 15.9. The van der Waals surface area contributed by atoms with Gasteiger partial charge in [-0.15, -0.1) is 0 Å². The Morgan fingerprint density at radius 3 is 2.44 bits per heavy atom. The van der Waals surface area contributed by atoms with Crippen LogP contribution in [0.25, 0.3) is 0 Å². The van der Waals surface area contributed by atoms with Crippen LogP contribution in [-0.2, 0) is 10.0 Å². The first-order valence-corrected chi connectivity index (χ1v) is 8.81. The summed E-state index contributed by atoms with van der Waals surface area (Å²) in [5.41, 5.74) is 0. The Kier molecular flexibility index (Phi) is 6.60. The fraction of sp³-hybridized carbons (Fsp3) is 1.00. The predicted octanol–water partition coefficient (Wildman–Crippen LogP) is 1.97. The Morgan fingerprint density at radius 2 is 1.94 bits per heavy atom. The monoisotopic (exact) mass is 276 g/mol. The molecular weight excluding hydrogens is 248 g/mol. The van der Waals surface area contributed by atoms with Crippen molar-refractivity contribution in [3.63, 3.8) is 0 Å². The fourth-order valence-corrected chi connectivity index (χ4v) is 4.26. The topological polar surface area (TPSA) is 49.4 Å². The molecule has 1 aliphatic rings. The molecule has 0 saturated carbocycles. The van der Waals surface area contributed by atoms with Gasteiger partial charge in [-0.1, -0.05) is 20.3 Å². The molecule has 0 amide bonds. The highest BCUT2D eigenvalue weighted by molar-refractivity contribution is 7.89. The van der Waals surface area contributed by atoms with E-state index in [0.717, 1.165) is 32.2 Å². The van der Waals surface area contributed by atoms with Crippen LogP contribution in [0.4, 0.5) is 0 Å². The first-order chi connectivity index (χ1) is 8.51. The molecule has 0 aromatic heterocycles.